The van der Waals surface area contributed by atoms with Crippen LogP contribution < -0.4 is 10.6 Å². The number of hydrogen-bond donors (Lipinski definition) is 2. The van der Waals surface area contributed by atoms with Crippen LogP contribution in [0.5, 0.6) is 0 Å². The zero-order valence-electron chi connectivity index (χ0n) is 19.4. The number of benzene rings is 1. The molecule has 3 fully saturated rings. The van der Waals surface area contributed by atoms with Crippen molar-refractivity contribution < 1.29 is 9.59 Å². The molecule has 1 aromatic carbocycles. The van der Waals surface area contributed by atoms with Crippen molar-refractivity contribution in [3.63, 3.8) is 0 Å². The first-order valence-corrected chi connectivity index (χ1v) is 12.7. The molecule has 2 amide bonds. The monoisotopic (exact) mass is 435 g/mol. The summed E-state index contributed by atoms with van der Waals surface area (Å²) in [5, 5.41) is 6.82. The van der Waals surface area contributed by atoms with Gasteiger partial charge in [-0.3, -0.25) is 9.59 Å². The van der Waals surface area contributed by atoms with E-state index in [1.807, 2.05) is 6.07 Å². The molecule has 5 nitrogen and oxygen atoms in total. The van der Waals surface area contributed by atoms with Gasteiger partial charge < -0.3 is 15.5 Å². The molecule has 32 heavy (non-hydrogen) atoms. The Labute approximate surface area is 192 Å². The van der Waals surface area contributed by atoms with Gasteiger partial charge in [-0.25, -0.2) is 0 Å². The average Bonchev–Trinajstić information content (AvgIpc) is 3.04. The summed E-state index contributed by atoms with van der Waals surface area (Å²) in [4.78, 5) is 27.2. The lowest BCUT2D eigenvalue weighted by atomic mass is 9.77. The van der Waals surface area contributed by atoms with E-state index in [2.05, 4.69) is 36.3 Å². The second-order valence-electron chi connectivity index (χ2n) is 10.6. The lowest BCUT2D eigenvalue weighted by Crippen LogP contribution is -2.49. The molecule has 0 spiro atoms. The zero-order chi connectivity index (χ0) is 22.2. The van der Waals surface area contributed by atoms with E-state index in [1.165, 1.54) is 50.5 Å². The van der Waals surface area contributed by atoms with Crippen LogP contribution >= 0.6 is 0 Å². The molecule has 4 aliphatic rings. The van der Waals surface area contributed by atoms with Crippen molar-refractivity contribution in [1.29, 1.82) is 0 Å². The second kappa shape index (κ2) is 9.01. The Morgan fingerprint density at radius 1 is 1.12 bits per heavy atom. The molecule has 2 saturated carbocycles. The standard InChI is InChI=1S/C27H37N3O2/c1-17-10-13-25(26(31)28-17)30-16-22-15-19(11-12-23(22)27(30)32)14-21-6-3-4-9-24(21)29-18(2)20-7-5-8-20/h11-12,15,18,20-21,24-25,29H,1,3-10,13-14,16H2,2H3,(H,28,31)/t18-,21+,24-,25?/m0/s1. The first-order chi connectivity index (χ1) is 15.5. The number of carbonyl (C=O) groups is 2. The number of hydrogen-bond acceptors (Lipinski definition) is 3. The van der Waals surface area contributed by atoms with Crippen LogP contribution in [0.2, 0.25) is 0 Å². The highest BCUT2D eigenvalue weighted by atomic mass is 16.2. The van der Waals surface area contributed by atoms with Crippen molar-refractivity contribution in [3.05, 3.63) is 47.2 Å². The minimum atomic E-state index is -0.385. The van der Waals surface area contributed by atoms with E-state index in [4.69, 9.17) is 0 Å². The number of allylic oxidation sites excluding steroid dienone is 1. The molecule has 5 heteroatoms. The summed E-state index contributed by atoms with van der Waals surface area (Å²) >= 11 is 0. The molecule has 0 aromatic heterocycles. The van der Waals surface area contributed by atoms with Gasteiger partial charge in [0.15, 0.2) is 0 Å². The summed E-state index contributed by atoms with van der Waals surface area (Å²) in [6, 6.07) is 7.21. The fourth-order valence-corrected chi connectivity index (χ4v) is 6.22. The summed E-state index contributed by atoms with van der Waals surface area (Å²) in [6.07, 6.45) is 11.8. The van der Waals surface area contributed by atoms with Crippen molar-refractivity contribution in [3.8, 4) is 0 Å². The van der Waals surface area contributed by atoms with Gasteiger partial charge in [0.1, 0.15) is 6.04 Å². The molecule has 1 aromatic rings. The van der Waals surface area contributed by atoms with Crippen molar-refractivity contribution in [2.24, 2.45) is 11.8 Å². The van der Waals surface area contributed by atoms with E-state index < -0.39 is 0 Å². The van der Waals surface area contributed by atoms with Gasteiger partial charge in [0.05, 0.1) is 0 Å². The fourth-order valence-electron chi connectivity index (χ4n) is 6.22. The van der Waals surface area contributed by atoms with Gasteiger partial charge in [0.2, 0.25) is 5.91 Å². The number of fused-ring (bicyclic) bond motifs is 1. The zero-order valence-corrected chi connectivity index (χ0v) is 19.4. The molecule has 2 aliphatic heterocycles. The number of nitrogens with zero attached hydrogens (tertiary/aromatic N) is 1. The molecular formula is C27H37N3O2. The van der Waals surface area contributed by atoms with Gasteiger partial charge in [-0.15, -0.1) is 0 Å². The predicted molar refractivity (Wildman–Crippen MR) is 126 cm³/mol. The fraction of sp³-hybridized carbons (Fsp3) is 0.630. The number of nitrogens with one attached hydrogen (secondary N) is 2. The largest absolute Gasteiger partial charge is 0.329 e. The summed E-state index contributed by atoms with van der Waals surface area (Å²) in [5.41, 5.74) is 3.92. The Kier molecular flexibility index (Phi) is 6.11. The maximum Gasteiger partial charge on any atom is 0.255 e. The Morgan fingerprint density at radius 2 is 1.94 bits per heavy atom. The van der Waals surface area contributed by atoms with Gasteiger partial charge in [0, 0.05) is 29.9 Å². The maximum atomic E-state index is 13.0. The SMILES string of the molecule is C=C1CCC(N2Cc3cc(C[C@H]4CCCC[C@@H]4N[C@@H](C)C4CCC4)ccc3C2=O)C(=O)N1. The van der Waals surface area contributed by atoms with Crippen LogP contribution in [0.1, 0.15) is 86.2 Å². The van der Waals surface area contributed by atoms with Crippen LogP contribution in [-0.2, 0) is 17.8 Å². The molecule has 172 valence electrons. The van der Waals surface area contributed by atoms with E-state index >= 15 is 0 Å². The lowest BCUT2D eigenvalue weighted by molar-refractivity contribution is -0.126. The van der Waals surface area contributed by atoms with Crippen molar-refractivity contribution in [2.75, 3.05) is 0 Å². The first-order valence-electron chi connectivity index (χ1n) is 12.7. The van der Waals surface area contributed by atoms with Gasteiger partial charge in [-0.05, 0) is 80.9 Å². The van der Waals surface area contributed by atoms with E-state index in [-0.39, 0.29) is 17.9 Å². The molecule has 2 heterocycles. The van der Waals surface area contributed by atoms with E-state index in [9.17, 15) is 9.59 Å². The van der Waals surface area contributed by atoms with Crippen LogP contribution in [0, 0.1) is 11.8 Å². The van der Waals surface area contributed by atoms with Crippen LogP contribution in [0.3, 0.4) is 0 Å². The Morgan fingerprint density at radius 3 is 2.69 bits per heavy atom. The van der Waals surface area contributed by atoms with Gasteiger partial charge in [-0.2, -0.15) is 0 Å². The topological polar surface area (TPSA) is 61.4 Å². The molecule has 0 bridgehead atoms. The Hall–Kier alpha value is -2.14. The molecule has 4 atom stereocenters. The first kappa shape index (κ1) is 21.7. The normalized spacial score (nSPS) is 29.5. The van der Waals surface area contributed by atoms with Gasteiger partial charge in [-0.1, -0.05) is 38.0 Å². The number of carbonyl (C=O) groups excluding carboxylic acids is 2. The summed E-state index contributed by atoms with van der Waals surface area (Å²) in [6.45, 7) is 6.77. The van der Waals surface area contributed by atoms with E-state index in [0.717, 1.165) is 35.6 Å². The van der Waals surface area contributed by atoms with Crippen LogP contribution in [-0.4, -0.2) is 34.8 Å². The number of amides is 2. The molecule has 2 aliphatic carbocycles. The van der Waals surface area contributed by atoms with Crippen molar-refractivity contribution in [2.45, 2.75) is 95.8 Å². The molecule has 1 saturated heterocycles. The van der Waals surface area contributed by atoms with E-state index in [0.29, 0.717) is 31.0 Å². The van der Waals surface area contributed by atoms with Crippen LogP contribution in [0.15, 0.2) is 30.5 Å². The molecular weight excluding hydrogens is 398 g/mol. The average molecular weight is 436 g/mol. The Balaban J connectivity index is 1.26. The quantitative estimate of drug-likeness (QED) is 0.700. The highest BCUT2D eigenvalue weighted by Crippen LogP contribution is 2.34. The van der Waals surface area contributed by atoms with Crippen molar-refractivity contribution in [1.82, 2.24) is 15.5 Å². The molecule has 0 radical (unpaired) electrons. The third kappa shape index (κ3) is 4.24. The highest BCUT2D eigenvalue weighted by Gasteiger charge is 2.38. The highest BCUT2D eigenvalue weighted by molar-refractivity contribution is 6.01. The van der Waals surface area contributed by atoms with Gasteiger partial charge in [0.25, 0.3) is 5.91 Å². The van der Waals surface area contributed by atoms with E-state index in [1.54, 1.807) is 4.90 Å². The third-order valence-corrected chi connectivity index (χ3v) is 8.44. The minimum absolute atomic E-state index is 0.00857. The summed E-state index contributed by atoms with van der Waals surface area (Å²) < 4.78 is 0. The predicted octanol–water partition coefficient (Wildman–Crippen LogP) is 4.31. The second-order valence-corrected chi connectivity index (χ2v) is 10.6. The summed E-state index contributed by atoms with van der Waals surface area (Å²) in [5.74, 6) is 1.42. The molecule has 1 unspecified atom stereocenters. The van der Waals surface area contributed by atoms with Crippen LogP contribution in [0.4, 0.5) is 0 Å². The number of piperidine rings is 1. The van der Waals surface area contributed by atoms with Gasteiger partial charge >= 0.3 is 0 Å². The lowest BCUT2D eigenvalue weighted by Gasteiger charge is -2.39. The minimum Gasteiger partial charge on any atom is -0.329 e. The number of rotatable bonds is 6. The Bertz CT molecular complexity index is 906. The molecule has 5 rings (SSSR count). The van der Waals surface area contributed by atoms with Crippen molar-refractivity contribution >= 4 is 11.8 Å². The van der Waals surface area contributed by atoms with Crippen LogP contribution in [0.25, 0.3) is 0 Å². The smallest absolute Gasteiger partial charge is 0.255 e. The third-order valence-electron chi connectivity index (χ3n) is 8.44. The molecule has 2 N–H and O–H groups in total. The summed E-state index contributed by atoms with van der Waals surface area (Å²) in [7, 11) is 0. The maximum absolute atomic E-state index is 13.0.